The minimum Gasteiger partial charge on any atom is -0.494 e. The lowest BCUT2D eigenvalue weighted by molar-refractivity contribution is 0.304. The molecule has 6 nitrogen and oxygen atoms in total. The normalized spacial score (nSPS) is 11.5. The number of benzene rings is 4. The van der Waals surface area contributed by atoms with Crippen LogP contribution in [0.1, 0.15) is 48.9 Å². The van der Waals surface area contributed by atoms with Crippen LogP contribution in [0.2, 0.25) is 5.02 Å². The van der Waals surface area contributed by atoms with E-state index in [1.54, 1.807) is 12.3 Å². The average molecular weight is 645 g/mol. The predicted molar refractivity (Wildman–Crippen MR) is 174 cm³/mol. The first kappa shape index (κ1) is 29.5. The average Bonchev–Trinajstić information content (AvgIpc) is 2.97. The molecule has 1 aromatic heterocycles. The van der Waals surface area contributed by atoms with Gasteiger partial charge in [0.05, 0.1) is 28.2 Å². The molecule has 5 rings (SSSR count). The quantitative estimate of drug-likeness (QED) is 0.151. The summed E-state index contributed by atoms with van der Waals surface area (Å²) in [5.41, 5.74) is 4.87. The molecule has 0 saturated carbocycles. The molecule has 0 spiro atoms. The molecule has 0 saturated heterocycles. The van der Waals surface area contributed by atoms with E-state index in [0.717, 1.165) is 38.0 Å². The van der Waals surface area contributed by atoms with Crippen LogP contribution in [0.4, 0.5) is 0 Å². The molecule has 0 aliphatic carbocycles. The molecule has 0 unspecified atom stereocenters. The molecule has 5 aromatic rings. The Labute approximate surface area is 258 Å². The van der Waals surface area contributed by atoms with Crippen LogP contribution >= 0.6 is 27.5 Å². The Balaban J connectivity index is 1.54. The van der Waals surface area contributed by atoms with Gasteiger partial charge in [-0.3, -0.25) is 4.79 Å². The summed E-state index contributed by atoms with van der Waals surface area (Å²) in [4.78, 5) is 18.7. The molecule has 8 heteroatoms. The van der Waals surface area contributed by atoms with E-state index >= 15 is 0 Å². The highest BCUT2D eigenvalue weighted by molar-refractivity contribution is 9.10. The summed E-state index contributed by atoms with van der Waals surface area (Å²) >= 11 is 9.87. The lowest BCUT2D eigenvalue weighted by atomic mass is 9.96. The first-order chi connectivity index (χ1) is 20.3. The Kier molecular flexibility index (Phi) is 9.09. The maximum atomic E-state index is 13.8. The standard InChI is InChI=1S/C34H31BrClN3O3/c1-5-41-32-16-22(4)27(18-26(32)21(2)3)33-38-30-13-9-7-11-25(30)34(40)39(33)37-19-23-14-15-31(28(35)17-23)42-20-24-10-6-8-12-29(24)36/h6-19,21H,5,20H2,1-4H3. The number of para-hydroxylation sites is 1. The van der Waals surface area contributed by atoms with Gasteiger partial charge in [0.2, 0.25) is 0 Å². The van der Waals surface area contributed by atoms with E-state index in [0.29, 0.717) is 40.7 Å². The van der Waals surface area contributed by atoms with Crippen LogP contribution in [-0.4, -0.2) is 22.5 Å². The molecular weight excluding hydrogens is 614 g/mol. The van der Waals surface area contributed by atoms with E-state index in [9.17, 15) is 4.79 Å². The van der Waals surface area contributed by atoms with Crippen molar-refractivity contribution in [3.63, 3.8) is 0 Å². The molecule has 0 atom stereocenters. The third kappa shape index (κ3) is 6.27. The highest BCUT2D eigenvalue weighted by Crippen LogP contribution is 2.34. The zero-order valence-corrected chi connectivity index (χ0v) is 26.2. The Bertz CT molecular complexity index is 1850. The lowest BCUT2D eigenvalue weighted by Gasteiger charge is -2.18. The van der Waals surface area contributed by atoms with Gasteiger partial charge < -0.3 is 9.47 Å². The van der Waals surface area contributed by atoms with Crippen molar-refractivity contribution < 1.29 is 9.47 Å². The number of nitrogens with zero attached hydrogens (tertiary/aromatic N) is 3. The maximum absolute atomic E-state index is 13.8. The van der Waals surface area contributed by atoms with Crippen molar-refractivity contribution in [2.75, 3.05) is 6.61 Å². The van der Waals surface area contributed by atoms with Gasteiger partial charge >= 0.3 is 0 Å². The van der Waals surface area contributed by atoms with Gasteiger partial charge in [-0.05, 0) is 101 Å². The number of fused-ring (bicyclic) bond motifs is 1. The predicted octanol–water partition coefficient (Wildman–Crippen LogP) is 8.77. The molecular formula is C34H31BrClN3O3. The van der Waals surface area contributed by atoms with E-state index < -0.39 is 0 Å². The fourth-order valence-corrected chi connectivity index (χ4v) is 5.39. The summed E-state index contributed by atoms with van der Waals surface area (Å²) in [6, 6.07) is 24.6. The van der Waals surface area contributed by atoms with Gasteiger partial charge in [-0.25, -0.2) is 4.98 Å². The van der Waals surface area contributed by atoms with E-state index in [1.165, 1.54) is 4.68 Å². The topological polar surface area (TPSA) is 65.7 Å². The summed E-state index contributed by atoms with van der Waals surface area (Å²) in [5.74, 6) is 2.19. The van der Waals surface area contributed by atoms with Crippen molar-refractivity contribution in [1.29, 1.82) is 0 Å². The SMILES string of the molecule is CCOc1cc(C)c(-c2nc3ccccc3c(=O)n2N=Cc2ccc(OCc3ccccc3Cl)c(Br)c2)cc1C(C)C. The summed E-state index contributed by atoms with van der Waals surface area (Å²) < 4.78 is 14.0. The first-order valence-electron chi connectivity index (χ1n) is 13.8. The maximum Gasteiger partial charge on any atom is 0.282 e. The third-order valence-electron chi connectivity index (χ3n) is 6.89. The Morgan fingerprint density at radius 2 is 1.76 bits per heavy atom. The van der Waals surface area contributed by atoms with Crippen molar-refractivity contribution in [1.82, 2.24) is 9.66 Å². The summed E-state index contributed by atoms with van der Waals surface area (Å²) in [7, 11) is 0. The van der Waals surface area contributed by atoms with Crippen LogP contribution in [0.5, 0.6) is 11.5 Å². The fourth-order valence-electron chi connectivity index (χ4n) is 4.69. The van der Waals surface area contributed by atoms with Gasteiger partial charge in [-0.2, -0.15) is 9.78 Å². The Hall–Kier alpha value is -3.94. The van der Waals surface area contributed by atoms with Gasteiger partial charge in [-0.1, -0.05) is 55.8 Å². The van der Waals surface area contributed by atoms with Crippen LogP contribution in [0.25, 0.3) is 22.3 Å². The Morgan fingerprint density at radius 3 is 2.50 bits per heavy atom. The summed E-state index contributed by atoms with van der Waals surface area (Å²) in [5, 5.41) is 5.81. The molecule has 1 heterocycles. The summed E-state index contributed by atoms with van der Waals surface area (Å²) in [6.45, 7) is 9.12. The second kappa shape index (κ2) is 12.9. The highest BCUT2D eigenvalue weighted by Gasteiger charge is 2.18. The number of halogens is 2. The van der Waals surface area contributed by atoms with Crippen molar-refractivity contribution in [2.24, 2.45) is 5.10 Å². The van der Waals surface area contributed by atoms with E-state index in [4.69, 9.17) is 26.1 Å². The van der Waals surface area contributed by atoms with Crippen molar-refractivity contribution in [3.8, 4) is 22.9 Å². The van der Waals surface area contributed by atoms with Crippen molar-refractivity contribution >= 4 is 44.6 Å². The number of hydrogen-bond acceptors (Lipinski definition) is 5. The number of ether oxygens (including phenoxy) is 2. The number of rotatable bonds is 9. The molecule has 0 fully saturated rings. The highest BCUT2D eigenvalue weighted by atomic mass is 79.9. The minimum absolute atomic E-state index is 0.214. The van der Waals surface area contributed by atoms with Crippen LogP contribution in [-0.2, 0) is 6.61 Å². The molecule has 4 aromatic carbocycles. The van der Waals surface area contributed by atoms with Crippen LogP contribution in [0, 0.1) is 6.92 Å². The van der Waals surface area contributed by atoms with E-state index in [2.05, 4.69) is 40.9 Å². The van der Waals surface area contributed by atoms with Gasteiger partial charge in [0.25, 0.3) is 5.56 Å². The minimum atomic E-state index is -0.245. The second-order valence-corrected chi connectivity index (χ2v) is 11.4. The second-order valence-electron chi connectivity index (χ2n) is 10.2. The monoisotopic (exact) mass is 643 g/mol. The van der Waals surface area contributed by atoms with Gasteiger partial charge in [0.1, 0.15) is 18.1 Å². The number of aryl methyl sites for hydroxylation is 1. The Morgan fingerprint density at radius 1 is 1.00 bits per heavy atom. The zero-order valence-electron chi connectivity index (χ0n) is 23.9. The fraction of sp³-hybridized carbons (Fsp3) is 0.206. The van der Waals surface area contributed by atoms with E-state index in [1.807, 2.05) is 80.6 Å². The van der Waals surface area contributed by atoms with Crippen LogP contribution in [0.15, 0.2) is 93.2 Å². The molecule has 0 bridgehead atoms. The molecule has 0 amide bonds. The van der Waals surface area contributed by atoms with Crippen molar-refractivity contribution in [3.05, 3.63) is 121 Å². The first-order valence-corrected chi connectivity index (χ1v) is 14.9. The van der Waals surface area contributed by atoms with Crippen LogP contribution < -0.4 is 15.0 Å². The molecule has 0 radical (unpaired) electrons. The molecule has 214 valence electrons. The largest absolute Gasteiger partial charge is 0.494 e. The molecule has 0 aliphatic heterocycles. The zero-order chi connectivity index (χ0) is 29.8. The van der Waals surface area contributed by atoms with Gasteiger partial charge in [0, 0.05) is 16.1 Å². The van der Waals surface area contributed by atoms with Gasteiger partial charge in [0.15, 0.2) is 5.82 Å². The number of aromatic nitrogens is 2. The molecule has 42 heavy (non-hydrogen) atoms. The smallest absolute Gasteiger partial charge is 0.282 e. The van der Waals surface area contributed by atoms with Gasteiger partial charge in [-0.15, -0.1) is 0 Å². The molecule has 0 aliphatic rings. The third-order valence-corrected chi connectivity index (χ3v) is 7.88. The summed E-state index contributed by atoms with van der Waals surface area (Å²) in [6.07, 6.45) is 1.65. The van der Waals surface area contributed by atoms with E-state index in [-0.39, 0.29) is 11.5 Å². The van der Waals surface area contributed by atoms with Crippen molar-refractivity contribution in [2.45, 2.75) is 40.2 Å². The lowest BCUT2D eigenvalue weighted by Crippen LogP contribution is -2.20. The molecule has 0 N–H and O–H groups in total. The number of hydrogen-bond donors (Lipinski definition) is 0. The van der Waals surface area contributed by atoms with Crippen LogP contribution in [0.3, 0.4) is 0 Å².